The minimum absolute atomic E-state index is 0. The molecule has 0 aliphatic rings. The van der Waals surface area contributed by atoms with Crippen molar-refractivity contribution in [2.75, 3.05) is 7.11 Å². The monoisotopic (exact) mass is 249 g/mol. The molecule has 1 aromatic rings. The second kappa shape index (κ2) is 6.30. The van der Waals surface area contributed by atoms with Crippen LogP contribution in [0, 0.1) is 5.82 Å². The Morgan fingerprint density at radius 2 is 2.25 bits per heavy atom. The number of nitrogens with two attached hydrogens (primary N) is 1. The molecule has 1 atom stereocenters. The van der Waals surface area contributed by atoms with E-state index in [1.165, 1.54) is 19.2 Å². The van der Waals surface area contributed by atoms with Crippen molar-refractivity contribution in [1.82, 2.24) is 0 Å². The first-order valence-corrected chi connectivity index (χ1v) is 4.35. The van der Waals surface area contributed by atoms with Gasteiger partial charge in [0.2, 0.25) is 0 Å². The van der Waals surface area contributed by atoms with Crippen LogP contribution in [0.15, 0.2) is 18.2 Å². The molecule has 0 spiro atoms. The summed E-state index contributed by atoms with van der Waals surface area (Å²) in [5.41, 5.74) is 6.08. The number of esters is 1. The Balaban J connectivity index is 0.00000225. The van der Waals surface area contributed by atoms with E-state index in [1.54, 1.807) is 0 Å². The number of methoxy groups -OCH3 is 1. The largest absolute Gasteiger partial charge is 0.505 e. The molecule has 90 valence electrons. The van der Waals surface area contributed by atoms with Gasteiger partial charge >= 0.3 is 5.97 Å². The van der Waals surface area contributed by atoms with Crippen LogP contribution >= 0.6 is 12.4 Å². The number of hydrogen-bond donors (Lipinski definition) is 2. The van der Waals surface area contributed by atoms with Crippen LogP contribution in [0.5, 0.6) is 5.75 Å². The van der Waals surface area contributed by atoms with Crippen LogP contribution in [0.3, 0.4) is 0 Å². The van der Waals surface area contributed by atoms with Crippen LogP contribution in [0.25, 0.3) is 0 Å². The van der Waals surface area contributed by atoms with Crippen molar-refractivity contribution in [3.8, 4) is 5.75 Å². The fourth-order valence-electron chi connectivity index (χ4n) is 1.13. The standard InChI is InChI=1S/C10H12FNO3.ClH/c1-15-10(14)5-8(12)6-2-3-9(13)7(11)4-6;/h2-4,8,13H,5,12H2,1H3;1H. The zero-order valence-corrected chi connectivity index (χ0v) is 9.46. The third-order valence-corrected chi connectivity index (χ3v) is 2.01. The van der Waals surface area contributed by atoms with Crippen LogP contribution in [0.2, 0.25) is 0 Å². The molecule has 0 radical (unpaired) electrons. The van der Waals surface area contributed by atoms with E-state index in [0.717, 1.165) is 6.07 Å². The first-order chi connectivity index (χ1) is 7.04. The first kappa shape index (κ1) is 14.7. The van der Waals surface area contributed by atoms with E-state index in [4.69, 9.17) is 10.8 Å². The molecule has 0 aliphatic carbocycles. The van der Waals surface area contributed by atoms with Gasteiger partial charge in [-0.05, 0) is 17.7 Å². The molecule has 1 unspecified atom stereocenters. The number of phenols is 1. The number of ether oxygens (including phenoxy) is 1. The summed E-state index contributed by atoms with van der Waals surface area (Å²) in [5.74, 6) is -1.66. The molecule has 0 aromatic heterocycles. The summed E-state index contributed by atoms with van der Waals surface area (Å²) in [5, 5.41) is 8.95. The summed E-state index contributed by atoms with van der Waals surface area (Å²) in [6, 6.07) is 3.13. The highest BCUT2D eigenvalue weighted by atomic mass is 35.5. The third-order valence-electron chi connectivity index (χ3n) is 2.01. The minimum atomic E-state index is -0.757. The van der Waals surface area contributed by atoms with E-state index < -0.39 is 23.6 Å². The Hall–Kier alpha value is -1.33. The predicted octanol–water partition coefficient (Wildman–Crippen LogP) is 1.52. The number of benzene rings is 1. The highest BCUT2D eigenvalue weighted by Crippen LogP contribution is 2.21. The van der Waals surface area contributed by atoms with Gasteiger partial charge in [0.1, 0.15) is 0 Å². The van der Waals surface area contributed by atoms with Gasteiger partial charge in [-0.3, -0.25) is 4.79 Å². The summed E-state index contributed by atoms with van der Waals surface area (Å²) in [4.78, 5) is 10.9. The molecule has 0 saturated carbocycles. The number of phenolic OH excluding ortho intramolecular Hbond substituents is 1. The second-order valence-electron chi connectivity index (χ2n) is 3.10. The number of carbonyl (C=O) groups is 1. The first-order valence-electron chi connectivity index (χ1n) is 4.35. The SMILES string of the molecule is COC(=O)CC(N)c1ccc(O)c(F)c1.Cl. The van der Waals surface area contributed by atoms with E-state index in [1.807, 2.05) is 0 Å². The van der Waals surface area contributed by atoms with Crippen molar-refractivity contribution in [2.24, 2.45) is 5.73 Å². The van der Waals surface area contributed by atoms with Crippen molar-refractivity contribution >= 4 is 18.4 Å². The molecule has 3 N–H and O–H groups in total. The molecular weight excluding hydrogens is 237 g/mol. The summed E-state index contributed by atoms with van der Waals surface area (Å²) < 4.78 is 17.4. The molecule has 0 saturated heterocycles. The molecule has 6 heteroatoms. The van der Waals surface area contributed by atoms with Crippen molar-refractivity contribution in [3.63, 3.8) is 0 Å². The van der Waals surface area contributed by atoms with Crippen molar-refractivity contribution < 1.29 is 19.0 Å². The maximum Gasteiger partial charge on any atom is 0.307 e. The zero-order valence-electron chi connectivity index (χ0n) is 8.64. The van der Waals surface area contributed by atoms with Gasteiger partial charge in [0.25, 0.3) is 0 Å². The van der Waals surface area contributed by atoms with E-state index in [9.17, 15) is 9.18 Å². The number of carbonyl (C=O) groups excluding carboxylic acids is 1. The highest BCUT2D eigenvalue weighted by Gasteiger charge is 2.13. The molecule has 0 heterocycles. The van der Waals surface area contributed by atoms with Crippen LogP contribution in [0.1, 0.15) is 18.0 Å². The van der Waals surface area contributed by atoms with Crippen molar-refractivity contribution in [1.29, 1.82) is 0 Å². The summed E-state index contributed by atoms with van der Waals surface area (Å²) >= 11 is 0. The normalized spacial score (nSPS) is 11.4. The predicted molar refractivity (Wildman–Crippen MR) is 58.9 cm³/mol. The molecular formula is C10H13ClFNO3. The van der Waals surface area contributed by atoms with E-state index >= 15 is 0 Å². The molecule has 0 bridgehead atoms. The number of halogens is 2. The maximum absolute atomic E-state index is 12.9. The van der Waals surface area contributed by atoms with Crippen LogP contribution in [-0.4, -0.2) is 18.2 Å². The summed E-state index contributed by atoms with van der Waals surface area (Å²) in [6.07, 6.45) is -0.0271. The fraction of sp³-hybridized carbons (Fsp3) is 0.300. The average Bonchev–Trinajstić information content (AvgIpc) is 2.21. The molecule has 0 fully saturated rings. The fourth-order valence-corrected chi connectivity index (χ4v) is 1.13. The maximum atomic E-state index is 12.9. The van der Waals surface area contributed by atoms with E-state index in [0.29, 0.717) is 5.56 Å². The second-order valence-corrected chi connectivity index (χ2v) is 3.10. The molecule has 1 aromatic carbocycles. The van der Waals surface area contributed by atoms with Gasteiger partial charge in [-0.1, -0.05) is 6.07 Å². The van der Waals surface area contributed by atoms with E-state index in [2.05, 4.69) is 4.74 Å². The lowest BCUT2D eigenvalue weighted by Crippen LogP contribution is -2.16. The minimum Gasteiger partial charge on any atom is -0.505 e. The number of hydrogen-bond acceptors (Lipinski definition) is 4. The number of rotatable bonds is 3. The lowest BCUT2D eigenvalue weighted by Gasteiger charge is -2.10. The molecule has 4 nitrogen and oxygen atoms in total. The van der Waals surface area contributed by atoms with Gasteiger partial charge in [0.05, 0.1) is 13.5 Å². The van der Waals surface area contributed by atoms with Crippen molar-refractivity contribution in [3.05, 3.63) is 29.6 Å². The van der Waals surface area contributed by atoms with Crippen LogP contribution in [-0.2, 0) is 9.53 Å². The summed E-state index contributed by atoms with van der Waals surface area (Å²) in [6.45, 7) is 0. The Morgan fingerprint density at radius 3 is 2.75 bits per heavy atom. The van der Waals surface area contributed by atoms with Gasteiger partial charge in [-0.2, -0.15) is 0 Å². The Kier molecular flexibility index (Phi) is 5.77. The van der Waals surface area contributed by atoms with Gasteiger partial charge in [-0.25, -0.2) is 4.39 Å². The van der Waals surface area contributed by atoms with Crippen molar-refractivity contribution in [2.45, 2.75) is 12.5 Å². The van der Waals surface area contributed by atoms with Gasteiger partial charge in [0, 0.05) is 6.04 Å². The quantitative estimate of drug-likeness (QED) is 0.797. The molecule has 0 amide bonds. The Bertz CT molecular complexity index is 373. The Morgan fingerprint density at radius 1 is 1.62 bits per heavy atom. The highest BCUT2D eigenvalue weighted by molar-refractivity contribution is 5.85. The lowest BCUT2D eigenvalue weighted by molar-refractivity contribution is -0.141. The molecule has 1 rings (SSSR count). The van der Waals surface area contributed by atoms with Crippen LogP contribution < -0.4 is 5.73 Å². The van der Waals surface area contributed by atoms with Crippen LogP contribution in [0.4, 0.5) is 4.39 Å². The summed E-state index contributed by atoms with van der Waals surface area (Å²) in [7, 11) is 1.26. The zero-order chi connectivity index (χ0) is 11.4. The van der Waals surface area contributed by atoms with Gasteiger partial charge in [-0.15, -0.1) is 12.4 Å². The Labute approximate surface area is 98.6 Å². The number of aromatic hydroxyl groups is 1. The smallest absolute Gasteiger partial charge is 0.307 e. The third kappa shape index (κ3) is 3.67. The molecule has 0 aliphatic heterocycles. The molecule has 16 heavy (non-hydrogen) atoms. The topological polar surface area (TPSA) is 72.5 Å². The van der Waals surface area contributed by atoms with Gasteiger partial charge < -0.3 is 15.6 Å². The van der Waals surface area contributed by atoms with Gasteiger partial charge in [0.15, 0.2) is 11.6 Å². The average molecular weight is 250 g/mol. The van der Waals surface area contributed by atoms with E-state index in [-0.39, 0.29) is 18.8 Å². The lowest BCUT2D eigenvalue weighted by atomic mass is 10.0.